The van der Waals surface area contributed by atoms with E-state index in [1.54, 1.807) is 0 Å². The molecule has 0 radical (unpaired) electrons. The molecule has 142 valence electrons. The van der Waals surface area contributed by atoms with Gasteiger partial charge in [-0.2, -0.15) is 5.10 Å². The number of aryl methyl sites for hydroxylation is 2. The fourth-order valence-electron chi connectivity index (χ4n) is 5.42. The summed E-state index contributed by atoms with van der Waals surface area (Å²) in [4.78, 5) is 7.93. The van der Waals surface area contributed by atoms with E-state index in [4.69, 9.17) is 0 Å². The maximum Gasteiger partial charge on any atom is 0.151 e. The highest BCUT2D eigenvalue weighted by Gasteiger charge is 2.35. The molecule has 4 aliphatic rings. The summed E-state index contributed by atoms with van der Waals surface area (Å²) in [7, 11) is 0. The van der Waals surface area contributed by atoms with Crippen LogP contribution in [0.25, 0.3) is 0 Å². The second kappa shape index (κ2) is 7.43. The van der Waals surface area contributed by atoms with Gasteiger partial charge in [0, 0.05) is 51.4 Å². The summed E-state index contributed by atoms with van der Waals surface area (Å²) < 4.78 is 0. The zero-order valence-corrected chi connectivity index (χ0v) is 16.1. The molecule has 0 bridgehead atoms. The molecule has 0 N–H and O–H groups in total. The molecule has 0 unspecified atom stereocenters. The third kappa shape index (κ3) is 3.36. The van der Waals surface area contributed by atoms with Crippen molar-refractivity contribution < 1.29 is 0 Å². The summed E-state index contributed by atoms with van der Waals surface area (Å²) in [5.74, 6) is 1.11. The standard InChI is InChI=1S/C21H33N5/c1-2-7-18(8-3-1)24-10-12-25(13-11-24)19-15-26(16-19)21-14-17-6-4-5-9-20(17)22-23-21/h14,18-19H,1-13,15-16H2. The zero-order chi connectivity index (χ0) is 17.3. The molecule has 3 heterocycles. The Balaban J connectivity index is 1.12. The minimum atomic E-state index is 0.723. The fourth-order valence-corrected chi connectivity index (χ4v) is 5.42. The maximum absolute atomic E-state index is 4.52. The van der Waals surface area contributed by atoms with Crippen molar-refractivity contribution in [2.75, 3.05) is 44.2 Å². The summed E-state index contributed by atoms with van der Waals surface area (Å²) in [5, 5.41) is 9.03. The number of nitrogens with zero attached hydrogens (tertiary/aromatic N) is 5. The molecule has 1 aromatic heterocycles. The Morgan fingerprint density at radius 3 is 2.19 bits per heavy atom. The van der Waals surface area contributed by atoms with E-state index in [1.165, 1.54) is 88.8 Å². The third-order valence-corrected chi connectivity index (χ3v) is 7.20. The molecule has 2 aliphatic carbocycles. The van der Waals surface area contributed by atoms with Crippen LogP contribution in [0.2, 0.25) is 0 Å². The van der Waals surface area contributed by atoms with E-state index in [-0.39, 0.29) is 0 Å². The summed E-state index contributed by atoms with van der Waals surface area (Å²) in [6.07, 6.45) is 12.1. The zero-order valence-electron chi connectivity index (χ0n) is 16.1. The molecule has 3 fully saturated rings. The monoisotopic (exact) mass is 355 g/mol. The predicted octanol–water partition coefficient (Wildman–Crippen LogP) is 2.49. The maximum atomic E-state index is 4.52. The molecule has 0 aromatic carbocycles. The molecule has 1 saturated carbocycles. The Labute approximate surface area is 157 Å². The lowest BCUT2D eigenvalue weighted by atomic mass is 9.93. The summed E-state index contributed by atoms with van der Waals surface area (Å²) in [6, 6.07) is 3.93. The first-order valence-electron chi connectivity index (χ1n) is 11.0. The molecule has 0 spiro atoms. The fraction of sp³-hybridized carbons (Fsp3) is 0.810. The second-order valence-corrected chi connectivity index (χ2v) is 8.80. The Morgan fingerprint density at radius 1 is 0.731 bits per heavy atom. The van der Waals surface area contributed by atoms with Crippen molar-refractivity contribution in [1.29, 1.82) is 0 Å². The molecule has 0 atom stereocenters. The van der Waals surface area contributed by atoms with E-state index in [9.17, 15) is 0 Å². The molecule has 5 heteroatoms. The van der Waals surface area contributed by atoms with Crippen molar-refractivity contribution in [3.63, 3.8) is 0 Å². The van der Waals surface area contributed by atoms with Crippen LogP contribution in [-0.2, 0) is 12.8 Å². The van der Waals surface area contributed by atoms with E-state index in [0.717, 1.165) is 37.4 Å². The van der Waals surface area contributed by atoms with Crippen molar-refractivity contribution in [2.45, 2.75) is 69.9 Å². The van der Waals surface area contributed by atoms with Gasteiger partial charge in [0.2, 0.25) is 0 Å². The van der Waals surface area contributed by atoms with Crippen LogP contribution in [0, 0.1) is 0 Å². The number of anilines is 1. The van der Waals surface area contributed by atoms with Gasteiger partial charge in [-0.1, -0.05) is 19.3 Å². The molecule has 1 aromatic rings. The number of piperazine rings is 1. The van der Waals surface area contributed by atoms with Crippen molar-refractivity contribution in [3.05, 3.63) is 17.3 Å². The van der Waals surface area contributed by atoms with E-state index in [1.807, 2.05) is 0 Å². The first-order valence-corrected chi connectivity index (χ1v) is 11.0. The Hall–Kier alpha value is -1.20. The smallest absolute Gasteiger partial charge is 0.151 e. The minimum Gasteiger partial charge on any atom is -0.352 e. The third-order valence-electron chi connectivity index (χ3n) is 7.20. The number of hydrogen-bond donors (Lipinski definition) is 0. The predicted molar refractivity (Wildman–Crippen MR) is 105 cm³/mol. The molecule has 0 amide bonds. The van der Waals surface area contributed by atoms with Gasteiger partial charge in [0.15, 0.2) is 5.82 Å². The van der Waals surface area contributed by atoms with E-state index in [0.29, 0.717) is 0 Å². The molecule has 26 heavy (non-hydrogen) atoms. The molecule has 5 nitrogen and oxygen atoms in total. The average Bonchev–Trinajstić information content (AvgIpc) is 2.68. The van der Waals surface area contributed by atoms with Crippen molar-refractivity contribution in [1.82, 2.24) is 20.0 Å². The van der Waals surface area contributed by atoms with Crippen LogP contribution < -0.4 is 4.90 Å². The summed E-state index contributed by atoms with van der Waals surface area (Å²) in [5.41, 5.74) is 2.70. The van der Waals surface area contributed by atoms with E-state index in [2.05, 4.69) is 31.0 Å². The molecule has 5 rings (SSSR count). The highest BCUT2D eigenvalue weighted by molar-refractivity contribution is 5.45. The lowest BCUT2D eigenvalue weighted by Crippen LogP contribution is -2.64. The number of rotatable bonds is 3. The molecular weight excluding hydrogens is 322 g/mol. The quantitative estimate of drug-likeness (QED) is 0.832. The summed E-state index contributed by atoms with van der Waals surface area (Å²) >= 11 is 0. The van der Waals surface area contributed by atoms with Crippen molar-refractivity contribution >= 4 is 5.82 Å². The normalized spacial score (nSPS) is 26.5. The topological polar surface area (TPSA) is 35.5 Å². The average molecular weight is 356 g/mol. The van der Waals surface area contributed by atoms with Crippen LogP contribution in [0.4, 0.5) is 5.82 Å². The summed E-state index contributed by atoms with van der Waals surface area (Å²) in [6.45, 7) is 7.34. The van der Waals surface area contributed by atoms with Crippen LogP contribution in [0.5, 0.6) is 0 Å². The number of hydrogen-bond acceptors (Lipinski definition) is 5. The second-order valence-electron chi connectivity index (χ2n) is 8.80. The van der Waals surface area contributed by atoms with E-state index >= 15 is 0 Å². The van der Waals surface area contributed by atoms with Gasteiger partial charge in [0.1, 0.15) is 0 Å². The van der Waals surface area contributed by atoms with Gasteiger partial charge >= 0.3 is 0 Å². The van der Waals surface area contributed by atoms with Crippen LogP contribution in [0.3, 0.4) is 0 Å². The first-order chi connectivity index (χ1) is 12.9. The molecule has 2 aliphatic heterocycles. The van der Waals surface area contributed by atoms with Crippen LogP contribution >= 0.6 is 0 Å². The lowest BCUT2D eigenvalue weighted by molar-refractivity contribution is 0.0486. The molecule has 2 saturated heterocycles. The van der Waals surface area contributed by atoms with E-state index < -0.39 is 0 Å². The number of aromatic nitrogens is 2. The van der Waals surface area contributed by atoms with Gasteiger partial charge < -0.3 is 4.90 Å². The lowest BCUT2D eigenvalue weighted by Gasteiger charge is -2.49. The van der Waals surface area contributed by atoms with Gasteiger partial charge in [0.25, 0.3) is 0 Å². The van der Waals surface area contributed by atoms with Crippen LogP contribution in [-0.4, -0.2) is 71.3 Å². The SMILES string of the molecule is c1c(N2CC(N3CCN(C4CCCCC4)CC3)C2)nnc2c1CCCC2. The Bertz CT molecular complexity index is 613. The Morgan fingerprint density at radius 2 is 1.42 bits per heavy atom. The van der Waals surface area contributed by atoms with Gasteiger partial charge in [-0.05, 0) is 50.2 Å². The van der Waals surface area contributed by atoms with Crippen LogP contribution in [0.1, 0.15) is 56.2 Å². The van der Waals surface area contributed by atoms with Crippen LogP contribution in [0.15, 0.2) is 6.07 Å². The molecular formula is C21H33N5. The van der Waals surface area contributed by atoms with Gasteiger partial charge in [-0.25, -0.2) is 0 Å². The highest BCUT2D eigenvalue weighted by atomic mass is 15.4. The largest absolute Gasteiger partial charge is 0.352 e. The minimum absolute atomic E-state index is 0.723. The van der Waals surface area contributed by atoms with Gasteiger partial charge in [-0.3, -0.25) is 9.80 Å². The van der Waals surface area contributed by atoms with Crippen molar-refractivity contribution in [2.24, 2.45) is 0 Å². The Kier molecular flexibility index (Phi) is 4.84. The van der Waals surface area contributed by atoms with Gasteiger partial charge in [-0.15, -0.1) is 5.10 Å². The first kappa shape index (κ1) is 16.9. The highest BCUT2D eigenvalue weighted by Crippen LogP contribution is 2.28. The van der Waals surface area contributed by atoms with Gasteiger partial charge in [0.05, 0.1) is 5.69 Å². The van der Waals surface area contributed by atoms with Crippen molar-refractivity contribution in [3.8, 4) is 0 Å². The number of fused-ring (bicyclic) bond motifs is 1.